The van der Waals surface area contributed by atoms with E-state index in [9.17, 15) is 0 Å². The SMILES string of the molecule is CCNC(c1nccn1C)C1CCC1. The monoisotopic (exact) mass is 193 g/mol. The molecule has 1 aromatic rings. The minimum Gasteiger partial charge on any atom is -0.337 e. The average Bonchev–Trinajstić information content (AvgIpc) is 2.47. The third kappa shape index (κ3) is 1.69. The zero-order valence-corrected chi connectivity index (χ0v) is 9.03. The molecule has 14 heavy (non-hydrogen) atoms. The van der Waals surface area contributed by atoms with Crippen LogP contribution in [0.25, 0.3) is 0 Å². The van der Waals surface area contributed by atoms with E-state index >= 15 is 0 Å². The van der Waals surface area contributed by atoms with Crippen LogP contribution >= 0.6 is 0 Å². The van der Waals surface area contributed by atoms with Crippen molar-refractivity contribution in [2.75, 3.05) is 6.54 Å². The van der Waals surface area contributed by atoms with Crippen LogP contribution in [0, 0.1) is 5.92 Å². The molecule has 0 spiro atoms. The molecule has 0 amide bonds. The summed E-state index contributed by atoms with van der Waals surface area (Å²) in [4.78, 5) is 4.44. The normalized spacial score (nSPS) is 19.3. The summed E-state index contributed by atoms with van der Waals surface area (Å²) in [5.41, 5.74) is 0. The second-order valence-corrected chi connectivity index (χ2v) is 4.12. The van der Waals surface area contributed by atoms with E-state index in [2.05, 4.69) is 28.8 Å². The van der Waals surface area contributed by atoms with Gasteiger partial charge in [-0.3, -0.25) is 0 Å². The first kappa shape index (κ1) is 9.71. The van der Waals surface area contributed by atoms with Crippen molar-refractivity contribution in [3.63, 3.8) is 0 Å². The maximum atomic E-state index is 4.44. The summed E-state index contributed by atoms with van der Waals surface area (Å²) in [5.74, 6) is 1.99. The fourth-order valence-electron chi connectivity index (χ4n) is 2.14. The Bertz CT molecular complexity index is 288. The van der Waals surface area contributed by atoms with Gasteiger partial charge in [-0.1, -0.05) is 13.3 Å². The summed E-state index contributed by atoms with van der Waals surface area (Å²) in [6.07, 6.45) is 8.00. The summed E-state index contributed by atoms with van der Waals surface area (Å²) in [6, 6.07) is 0.466. The third-order valence-electron chi connectivity index (χ3n) is 3.18. The smallest absolute Gasteiger partial charge is 0.125 e. The Labute approximate surface area is 85.5 Å². The van der Waals surface area contributed by atoms with Gasteiger partial charge in [-0.05, 0) is 25.3 Å². The molecular formula is C11H19N3. The summed E-state index contributed by atoms with van der Waals surface area (Å²) < 4.78 is 2.13. The van der Waals surface area contributed by atoms with E-state index in [1.165, 1.54) is 25.1 Å². The highest BCUT2D eigenvalue weighted by Crippen LogP contribution is 2.36. The van der Waals surface area contributed by atoms with Crippen LogP contribution in [-0.2, 0) is 7.05 Å². The predicted molar refractivity (Wildman–Crippen MR) is 57.0 cm³/mol. The van der Waals surface area contributed by atoms with Crippen LogP contribution < -0.4 is 5.32 Å². The Morgan fingerprint density at radius 2 is 2.43 bits per heavy atom. The van der Waals surface area contributed by atoms with E-state index in [0.717, 1.165) is 12.5 Å². The van der Waals surface area contributed by atoms with Crippen molar-refractivity contribution < 1.29 is 0 Å². The maximum Gasteiger partial charge on any atom is 0.125 e. The van der Waals surface area contributed by atoms with Crippen molar-refractivity contribution in [2.24, 2.45) is 13.0 Å². The first-order chi connectivity index (χ1) is 6.83. The zero-order chi connectivity index (χ0) is 9.97. The molecule has 1 aromatic heterocycles. The molecule has 1 unspecified atom stereocenters. The van der Waals surface area contributed by atoms with Gasteiger partial charge in [0.1, 0.15) is 5.82 Å². The second-order valence-electron chi connectivity index (χ2n) is 4.12. The number of hydrogen-bond donors (Lipinski definition) is 1. The lowest BCUT2D eigenvalue weighted by Crippen LogP contribution is -2.33. The molecule has 1 atom stereocenters. The van der Waals surface area contributed by atoms with Gasteiger partial charge in [0.25, 0.3) is 0 Å². The highest BCUT2D eigenvalue weighted by molar-refractivity contribution is 5.02. The Hall–Kier alpha value is -0.830. The molecule has 1 fully saturated rings. The predicted octanol–water partition coefficient (Wildman–Crippen LogP) is 1.87. The van der Waals surface area contributed by atoms with E-state index in [0.29, 0.717) is 6.04 Å². The molecular weight excluding hydrogens is 174 g/mol. The summed E-state index contributed by atoms with van der Waals surface area (Å²) in [6.45, 7) is 3.18. The van der Waals surface area contributed by atoms with Crippen molar-refractivity contribution >= 4 is 0 Å². The van der Waals surface area contributed by atoms with Gasteiger partial charge in [-0.2, -0.15) is 0 Å². The van der Waals surface area contributed by atoms with Gasteiger partial charge < -0.3 is 9.88 Å². The van der Waals surface area contributed by atoms with Crippen LogP contribution in [0.15, 0.2) is 12.4 Å². The lowest BCUT2D eigenvalue weighted by molar-refractivity contribution is 0.223. The van der Waals surface area contributed by atoms with Crippen molar-refractivity contribution in [1.29, 1.82) is 0 Å². The molecule has 1 N–H and O–H groups in total. The summed E-state index contributed by atoms with van der Waals surface area (Å²) in [5, 5.41) is 3.54. The van der Waals surface area contributed by atoms with Crippen molar-refractivity contribution in [1.82, 2.24) is 14.9 Å². The van der Waals surface area contributed by atoms with Crippen LogP contribution in [0.2, 0.25) is 0 Å². The van der Waals surface area contributed by atoms with Gasteiger partial charge >= 0.3 is 0 Å². The van der Waals surface area contributed by atoms with E-state index in [4.69, 9.17) is 0 Å². The minimum atomic E-state index is 0.466. The summed E-state index contributed by atoms with van der Waals surface area (Å²) in [7, 11) is 2.07. The van der Waals surface area contributed by atoms with Crippen molar-refractivity contribution in [3.05, 3.63) is 18.2 Å². The largest absolute Gasteiger partial charge is 0.337 e. The first-order valence-electron chi connectivity index (χ1n) is 5.53. The third-order valence-corrected chi connectivity index (χ3v) is 3.18. The van der Waals surface area contributed by atoms with Crippen LogP contribution in [0.4, 0.5) is 0 Å². The lowest BCUT2D eigenvalue weighted by Gasteiger charge is -2.33. The van der Waals surface area contributed by atoms with Crippen LogP contribution in [0.3, 0.4) is 0 Å². The second kappa shape index (κ2) is 4.13. The Morgan fingerprint density at radius 1 is 1.64 bits per heavy atom. The molecule has 0 aliphatic heterocycles. The van der Waals surface area contributed by atoms with Gasteiger partial charge in [0, 0.05) is 19.4 Å². The molecule has 78 valence electrons. The fourth-order valence-corrected chi connectivity index (χ4v) is 2.14. The molecule has 1 saturated carbocycles. The highest BCUT2D eigenvalue weighted by Gasteiger charge is 2.29. The van der Waals surface area contributed by atoms with Gasteiger partial charge in [0.05, 0.1) is 6.04 Å². The number of aromatic nitrogens is 2. The van der Waals surface area contributed by atoms with Crippen LogP contribution in [0.1, 0.15) is 38.1 Å². The molecule has 1 aliphatic carbocycles. The summed E-state index contributed by atoms with van der Waals surface area (Å²) >= 11 is 0. The lowest BCUT2D eigenvalue weighted by atomic mass is 9.79. The Kier molecular flexibility index (Phi) is 2.87. The number of imidazole rings is 1. The van der Waals surface area contributed by atoms with Gasteiger partial charge in [-0.25, -0.2) is 4.98 Å². The minimum absolute atomic E-state index is 0.466. The topological polar surface area (TPSA) is 29.9 Å². The number of rotatable bonds is 4. The van der Waals surface area contributed by atoms with Gasteiger partial charge in [0.15, 0.2) is 0 Å². The molecule has 0 radical (unpaired) electrons. The Balaban J connectivity index is 2.13. The first-order valence-corrected chi connectivity index (χ1v) is 5.53. The number of nitrogens with one attached hydrogen (secondary N) is 1. The van der Waals surface area contributed by atoms with Crippen molar-refractivity contribution in [2.45, 2.75) is 32.2 Å². The van der Waals surface area contributed by atoms with E-state index in [1.807, 2.05) is 12.4 Å². The molecule has 3 nitrogen and oxygen atoms in total. The number of aryl methyl sites for hydroxylation is 1. The Morgan fingerprint density at radius 3 is 2.86 bits per heavy atom. The molecule has 3 heteroatoms. The zero-order valence-electron chi connectivity index (χ0n) is 9.03. The van der Waals surface area contributed by atoms with Gasteiger partial charge in [-0.15, -0.1) is 0 Å². The number of nitrogens with zero attached hydrogens (tertiary/aromatic N) is 2. The van der Waals surface area contributed by atoms with Crippen LogP contribution in [0.5, 0.6) is 0 Å². The quantitative estimate of drug-likeness (QED) is 0.791. The van der Waals surface area contributed by atoms with Crippen molar-refractivity contribution in [3.8, 4) is 0 Å². The molecule has 1 heterocycles. The van der Waals surface area contributed by atoms with E-state index < -0.39 is 0 Å². The molecule has 1 aliphatic rings. The van der Waals surface area contributed by atoms with E-state index in [-0.39, 0.29) is 0 Å². The maximum absolute atomic E-state index is 4.44. The number of hydrogen-bond acceptors (Lipinski definition) is 2. The molecule has 0 aromatic carbocycles. The average molecular weight is 193 g/mol. The van der Waals surface area contributed by atoms with Crippen LogP contribution in [-0.4, -0.2) is 16.1 Å². The molecule has 0 bridgehead atoms. The highest BCUT2D eigenvalue weighted by atomic mass is 15.1. The van der Waals surface area contributed by atoms with Gasteiger partial charge in [0.2, 0.25) is 0 Å². The van der Waals surface area contributed by atoms with E-state index in [1.54, 1.807) is 0 Å². The standard InChI is InChI=1S/C11H19N3/c1-3-12-10(9-5-4-6-9)11-13-7-8-14(11)2/h7-10,12H,3-6H2,1-2H3. The molecule has 0 saturated heterocycles. The fraction of sp³-hybridized carbons (Fsp3) is 0.727. The molecule has 2 rings (SSSR count).